The van der Waals surface area contributed by atoms with Gasteiger partial charge in [-0.3, -0.25) is 4.79 Å². The van der Waals surface area contributed by atoms with Gasteiger partial charge in [0.2, 0.25) is 5.91 Å². The number of aliphatic hydroxyl groups is 2. The Labute approximate surface area is 222 Å². The van der Waals surface area contributed by atoms with Crippen molar-refractivity contribution < 1.29 is 28.2 Å². The third-order valence-corrected chi connectivity index (χ3v) is 7.59. The molecule has 1 saturated heterocycles. The van der Waals surface area contributed by atoms with Crippen molar-refractivity contribution in [1.82, 2.24) is 20.2 Å². The van der Waals surface area contributed by atoms with Crippen molar-refractivity contribution in [1.29, 1.82) is 0 Å². The molecule has 3 N–H and O–H groups in total. The standard InChI is InChI=1S/C25H31BrF3N5O3/c1-15-12-19(35)22-21(15)23(32-14-31-22)33-8-10-34(11-9-33)24(37)18(16-2-4-17(26)5-3-16)6-7-30-13-20(36)25(27,28)29/h2-5,14-15,18-20,30,35-36H,6-13H2,1H3/t15-,18-,19-,20?/m1/s1. The minimum absolute atomic E-state index is 0.0863. The number of aromatic nitrogens is 2. The zero-order valence-corrected chi connectivity index (χ0v) is 22.0. The van der Waals surface area contributed by atoms with Gasteiger partial charge >= 0.3 is 6.18 Å². The maximum absolute atomic E-state index is 13.6. The van der Waals surface area contributed by atoms with Crippen molar-refractivity contribution in [2.24, 2.45) is 0 Å². The molecule has 37 heavy (non-hydrogen) atoms. The molecule has 0 spiro atoms. The molecule has 4 rings (SSSR count). The molecular weight excluding hydrogens is 555 g/mol. The average Bonchev–Trinajstić information content (AvgIpc) is 3.17. The highest BCUT2D eigenvalue weighted by molar-refractivity contribution is 9.10. The molecule has 4 atom stereocenters. The van der Waals surface area contributed by atoms with Crippen molar-refractivity contribution >= 4 is 27.7 Å². The number of piperazine rings is 1. The molecule has 1 amide bonds. The summed E-state index contributed by atoms with van der Waals surface area (Å²) in [4.78, 5) is 26.2. The van der Waals surface area contributed by atoms with E-state index in [9.17, 15) is 28.2 Å². The first-order chi connectivity index (χ1) is 17.6. The number of hydrogen-bond donors (Lipinski definition) is 3. The summed E-state index contributed by atoms with van der Waals surface area (Å²) in [6.45, 7) is 3.66. The quantitative estimate of drug-likeness (QED) is 0.409. The summed E-state index contributed by atoms with van der Waals surface area (Å²) in [7, 11) is 0. The number of halogens is 4. The number of carbonyl (C=O) groups excluding carboxylic acids is 1. The lowest BCUT2D eigenvalue weighted by Crippen LogP contribution is -2.50. The van der Waals surface area contributed by atoms with Gasteiger partial charge in [0.25, 0.3) is 0 Å². The third kappa shape index (κ3) is 6.42. The smallest absolute Gasteiger partial charge is 0.387 e. The van der Waals surface area contributed by atoms with Crippen LogP contribution in [0.5, 0.6) is 0 Å². The van der Waals surface area contributed by atoms with E-state index in [0.29, 0.717) is 44.7 Å². The molecule has 202 valence electrons. The number of hydrogen-bond acceptors (Lipinski definition) is 7. The number of carbonyl (C=O) groups is 1. The first-order valence-electron chi connectivity index (χ1n) is 12.3. The van der Waals surface area contributed by atoms with Crippen molar-refractivity contribution in [3.63, 3.8) is 0 Å². The summed E-state index contributed by atoms with van der Waals surface area (Å²) in [6, 6.07) is 7.34. The van der Waals surface area contributed by atoms with Crippen molar-refractivity contribution in [2.45, 2.75) is 50.0 Å². The van der Waals surface area contributed by atoms with Crippen LogP contribution in [0.15, 0.2) is 35.1 Å². The number of alkyl halides is 3. The average molecular weight is 586 g/mol. The number of fused-ring (bicyclic) bond motifs is 1. The number of benzene rings is 1. The Morgan fingerprint density at radius 1 is 1.19 bits per heavy atom. The zero-order valence-electron chi connectivity index (χ0n) is 20.5. The van der Waals surface area contributed by atoms with Gasteiger partial charge in [0.1, 0.15) is 12.1 Å². The molecule has 0 radical (unpaired) electrons. The third-order valence-electron chi connectivity index (χ3n) is 7.07. The fraction of sp³-hybridized carbons (Fsp3) is 0.560. The first-order valence-corrected chi connectivity index (χ1v) is 13.1. The van der Waals surface area contributed by atoms with E-state index in [1.807, 2.05) is 31.2 Å². The molecule has 12 heteroatoms. The number of aliphatic hydroxyl groups excluding tert-OH is 2. The van der Waals surface area contributed by atoms with Crippen LogP contribution in [-0.4, -0.2) is 82.5 Å². The number of rotatable bonds is 8. The summed E-state index contributed by atoms with van der Waals surface area (Å²) >= 11 is 3.39. The van der Waals surface area contributed by atoms with Gasteiger partial charge in [-0.2, -0.15) is 13.2 Å². The molecule has 2 aliphatic rings. The summed E-state index contributed by atoms with van der Waals surface area (Å²) in [5.74, 6) is 0.328. The lowest BCUT2D eigenvalue weighted by molar-refractivity contribution is -0.201. The summed E-state index contributed by atoms with van der Waals surface area (Å²) in [5, 5.41) is 22.1. The molecule has 2 aromatic rings. The second kappa shape index (κ2) is 11.6. The number of anilines is 1. The monoisotopic (exact) mass is 585 g/mol. The van der Waals surface area contributed by atoms with Crippen LogP contribution in [-0.2, 0) is 4.79 Å². The Hall–Kier alpha value is -2.28. The highest BCUT2D eigenvalue weighted by Gasteiger charge is 2.38. The van der Waals surface area contributed by atoms with Crippen LogP contribution in [0.3, 0.4) is 0 Å². The molecule has 0 saturated carbocycles. The van der Waals surface area contributed by atoms with Crippen LogP contribution in [0, 0.1) is 0 Å². The molecule has 1 fully saturated rings. The molecule has 2 heterocycles. The maximum atomic E-state index is 13.6. The fourth-order valence-corrected chi connectivity index (χ4v) is 5.31. The van der Waals surface area contributed by atoms with Gasteiger partial charge in [-0.1, -0.05) is 35.0 Å². The van der Waals surface area contributed by atoms with Gasteiger partial charge in [0, 0.05) is 42.8 Å². The van der Waals surface area contributed by atoms with E-state index in [1.54, 1.807) is 4.90 Å². The lowest BCUT2D eigenvalue weighted by Gasteiger charge is -2.38. The Balaban J connectivity index is 1.41. The molecule has 8 nitrogen and oxygen atoms in total. The Bertz CT molecular complexity index is 1080. The minimum Gasteiger partial charge on any atom is -0.387 e. The summed E-state index contributed by atoms with van der Waals surface area (Å²) in [5.41, 5.74) is 2.43. The van der Waals surface area contributed by atoms with Crippen LogP contribution in [0.2, 0.25) is 0 Å². The predicted molar refractivity (Wildman–Crippen MR) is 135 cm³/mol. The van der Waals surface area contributed by atoms with Crippen LogP contribution >= 0.6 is 15.9 Å². The van der Waals surface area contributed by atoms with Crippen molar-refractivity contribution in [2.75, 3.05) is 44.2 Å². The van der Waals surface area contributed by atoms with Gasteiger partial charge < -0.3 is 25.3 Å². The van der Waals surface area contributed by atoms with E-state index in [2.05, 4.69) is 36.1 Å². The van der Waals surface area contributed by atoms with E-state index >= 15 is 0 Å². The maximum Gasteiger partial charge on any atom is 0.415 e. The minimum atomic E-state index is -4.69. The molecule has 1 unspecified atom stereocenters. The normalized spacial score (nSPS) is 21.6. The molecule has 1 aromatic heterocycles. The zero-order chi connectivity index (χ0) is 26.7. The van der Waals surface area contributed by atoms with Crippen molar-refractivity contribution in [3.05, 3.63) is 51.9 Å². The van der Waals surface area contributed by atoms with Crippen molar-refractivity contribution in [3.8, 4) is 0 Å². The first kappa shape index (κ1) is 27.7. The van der Waals surface area contributed by atoms with E-state index in [1.165, 1.54) is 6.33 Å². The fourth-order valence-electron chi connectivity index (χ4n) is 5.04. The highest BCUT2D eigenvalue weighted by atomic mass is 79.9. The Morgan fingerprint density at radius 3 is 2.51 bits per heavy atom. The number of nitrogens with one attached hydrogen (secondary N) is 1. The predicted octanol–water partition coefficient (Wildman–Crippen LogP) is 3.12. The van der Waals surface area contributed by atoms with Gasteiger partial charge in [0.15, 0.2) is 6.10 Å². The Kier molecular flexibility index (Phi) is 8.72. The molecule has 1 aliphatic heterocycles. The van der Waals surface area contributed by atoms with Gasteiger partial charge in [-0.05, 0) is 43.0 Å². The SMILES string of the molecule is C[C@@H]1C[C@@H](O)c2ncnc(N3CCN(C(=O)[C@H](CCNCC(O)C(F)(F)F)c4ccc(Br)cc4)CC3)c21. The van der Waals surface area contributed by atoms with Gasteiger partial charge in [-0.15, -0.1) is 0 Å². The molecule has 0 bridgehead atoms. The van der Waals surface area contributed by atoms with Crippen LogP contribution in [0.1, 0.15) is 54.5 Å². The molecular formula is C25H31BrF3N5O3. The molecule has 1 aromatic carbocycles. The van der Waals surface area contributed by atoms with Gasteiger partial charge in [0.05, 0.1) is 17.7 Å². The van der Waals surface area contributed by atoms with E-state index in [0.717, 1.165) is 21.4 Å². The van der Waals surface area contributed by atoms with E-state index < -0.39 is 30.8 Å². The van der Waals surface area contributed by atoms with Crippen LogP contribution in [0.25, 0.3) is 0 Å². The molecule has 1 aliphatic carbocycles. The lowest BCUT2D eigenvalue weighted by atomic mass is 9.93. The van der Waals surface area contributed by atoms with E-state index in [4.69, 9.17) is 0 Å². The van der Waals surface area contributed by atoms with E-state index in [-0.39, 0.29) is 18.4 Å². The highest BCUT2D eigenvalue weighted by Crippen LogP contribution is 2.42. The summed E-state index contributed by atoms with van der Waals surface area (Å²) < 4.78 is 38.7. The second-order valence-electron chi connectivity index (χ2n) is 9.62. The van der Waals surface area contributed by atoms with Crippen LogP contribution < -0.4 is 10.2 Å². The topological polar surface area (TPSA) is 102 Å². The number of nitrogens with zero attached hydrogens (tertiary/aromatic N) is 4. The van der Waals surface area contributed by atoms with Crippen LogP contribution in [0.4, 0.5) is 19.0 Å². The number of amides is 1. The second-order valence-corrected chi connectivity index (χ2v) is 10.5. The Morgan fingerprint density at radius 2 is 1.86 bits per heavy atom. The van der Waals surface area contributed by atoms with Gasteiger partial charge in [-0.25, -0.2) is 9.97 Å². The largest absolute Gasteiger partial charge is 0.415 e. The summed E-state index contributed by atoms with van der Waals surface area (Å²) in [6.07, 6.45) is -5.35.